The Kier molecular flexibility index (Phi) is 4.88. The van der Waals surface area contributed by atoms with Gasteiger partial charge in [0.15, 0.2) is 0 Å². The van der Waals surface area contributed by atoms with Crippen LogP contribution in [0.5, 0.6) is 0 Å². The number of amides is 1. The highest BCUT2D eigenvalue weighted by Gasteiger charge is 2.35. The van der Waals surface area contributed by atoms with Gasteiger partial charge in [-0.3, -0.25) is 9.59 Å². The molecule has 0 spiro atoms. The van der Waals surface area contributed by atoms with Crippen molar-refractivity contribution in [1.82, 2.24) is 5.32 Å². The molecule has 0 radical (unpaired) electrons. The predicted molar refractivity (Wildman–Crippen MR) is 68.5 cm³/mol. The van der Waals surface area contributed by atoms with Crippen molar-refractivity contribution in [2.24, 2.45) is 11.8 Å². The third-order valence-electron chi connectivity index (χ3n) is 3.56. The molecular formula is C12H19NO4S. The largest absolute Gasteiger partial charge is 0.481 e. The first-order valence-electron chi connectivity index (χ1n) is 6.34. The number of hydrogen-bond donors (Lipinski definition) is 2. The van der Waals surface area contributed by atoms with Crippen LogP contribution in [0, 0.1) is 11.8 Å². The number of nitrogens with one attached hydrogen (secondary N) is 1. The second kappa shape index (κ2) is 6.43. The predicted octanol–water partition coefficient (Wildman–Crippen LogP) is 0.735. The molecular weight excluding hydrogens is 254 g/mol. The molecule has 2 rings (SSSR count). The van der Waals surface area contributed by atoms with Crippen LogP contribution >= 0.6 is 11.8 Å². The Morgan fingerprint density at radius 3 is 2.67 bits per heavy atom. The Bertz CT molecular complexity index is 317. The van der Waals surface area contributed by atoms with Gasteiger partial charge in [0.2, 0.25) is 5.91 Å². The van der Waals surface area contributed by atoms with Crippen LogP contribution in [0.1, 0.15) is 19.3 Å². The van der Waals surface area contributed by atoms with Crippen molar-refractivity contribution < 1.29 is 19.4 Å². The second-order valence-corrected chi connectivity index (χ2v) is 6.14. The highest BCUT2D eigenvalue weighted by atomic mass is 32.2. The summed E-state index contributed by atoms with van der Waals surface area (Å²) in [7, 11) is 0. The van der Waals surface area contributed by atoms with E-state index in [2.05, 4.69) is 5.32 Å². The SMILES string of the molecule is O=C(CC1CCSCC1)NC1COCC1C(=O)O. The molecule has 0 aromatic rings. The molecule has 18 heavy (non-hydrogen) atoms. The van der Waals surface area contributed by atoms with E-state index in [1.165, 1.54) is 0 Å². The third kappa shape index (κ3) is 3.62. The molecule has 0 saturated carbocycles. The summed E-state index contributed by atoms with van der Waals surface area (Å²) >= 11 is 1.93. The van der Waals surface area contributed by atoms with E-state index in [0.717, 1.165) is 24.3 Å². The minimum absolute atomic E-state index is 0.0337. The van der Waals surface area contributed by atoms with E-state index >= 15 is 0 Å². The highest BCUT2D eigenvalue weighted by Crippen LogP contribution is 2.25. The van der Waals surface area contributed by atoms with Gasteiger partial charge in [-0.15, -0.1) is 0 Å². The minimum atomic E-state index is -0.896. The molecule has 6 heteroatoms. The second-order valence-electron chi connectivity index (χ2n) is 4.92. The van der Waals surface area contributed by atoms with Crippen LogP contribution in [-0.2, 0) is 14.3 Å². The van der Waals surface area contributed by atoms with Crippen LogP contribution < -0.4 is 5.32 Å². The lowest BCUT2D eigenvalue weighted by Gasteiger charge is -2.22. The van der Waals surface area contributed by atoms with Crippen molar-refractivity contribution in [3.63, 3.8) is 0 Å². The van der Waals surface area contributed by atoms with E-state index in [1.54, 1.807) is 0 Å². The minimum Gasteiger partial charge on any atom is -0.481 e. The normalized spacial score (nSPS) is 29.1. The molecule has 2 aliphatic rings. The average molecular weight is 273 g/mol. The fourth-order valence-electron chi connectivity index (χ4n) is 2.42. The molecule has 5 nitrogen and oxygen atoms in total. The molecule has 2 heterocycles. The first-order valence-corrected chi connectivity index (χ1v) is 7.50. The van der Waals surface area contributed by atoms with E-state index in [4.69, 9.17) is 9.84 Å². The molecule has 0 aromatic heterocycles. The summed E-state index contributed by atoms with van der Waals surface area (Å²) in [5.74, 6) is 1.18. The van der Waals surface area contributed by atoms with Crippen LogP contribution in [-0.4, -0.2) is 47.7 Å². The highest BCUT2D eigenvalue weighted by molar-refractivity contribution is 7.99. The van der Waals surface area contributed by atoms with E-state index in [0.29, 0.717) is 18.9 Å². The molecule has 0 aromatic carbocycles. The monoisotopic (exact) mass is 273 g/mol. The molecule has 2 aliphatic heterocycles. The fourth-order valence-corrected chi connectivity index (χ4v) is 3.62. The van der Waals surface area contributed by atoms with Gasteiger partial charge in [-0.1, -0.05) is 0 Å². The maximum absolute atomic E-state index is 11.9. The van der Waals surface area contributed by atoms with E-state index in [9.17, 15) is 9.59 Å². The van der Waals surface area contributed by atoms with Gasteiger partial charge >= 0.3 is 5.97 Å². The Morgan fingerprint density at radius 2 is 2.00 bits per heavy atom. The quantitative estimate of drug-likeness (QED) is 0.790. The van der Waals surface area contributed by atoms with Crippen LogP contribution in [0.3, 0.4) is 0 Å². The topological polar surface area (TPSA) is 75.6 Å². The van der Waals surface area contributed by atoms with E-state index in [1.807, 2.05) is 11.8 Å². The molecule has 2 saturated heterocycles. The van der Waals surface area contributed by atoms with Crippen molar-refractivity contribution in [2.75, 3.05) is 24.7 Å². The molecule has 102 valence electrons. The molecule has 2 fully saturated rings. The molecule has 1 amide bonds. The molecule has 2 N–H and O–H groups in total. The van der Waals surface area contributed by atoms with Crippen LogP contribution in [0.2, 0.25) is 0 Å². The number of thioether (sulfide) groups is 1. The standard InChI is InChI=1S/C12H19NO4S/c14-11(5-8-1-3-18-4-2-8)13-10-7-17-6-9(10)12(15)16/h8-10H,1-7H2,(H,13,14)(H,15,16). The number of carboxylic acids is 1. The number of carbonyl (C=O) groups excluding carboxylic acids is 1. The van der Waals surface area contributed by atoms with Crippen LogP contribution in [0.4, 0.5) is 0 Å². The maximum Gasteiger partial charge on any atom is 0.311 e. The summed E-state index contributed by atoms with van der Waals surface area (Å²) in [4.78, 5) is 22.8. The molecule has 0 bridgehead atoms. The van der Waals surface area contributed by atoms with Gasteiger partial charge in [0.1, 0.15) is 5.92 Å². The lowest BCUT2D eigenvalue weighted by molar-refractivity contribution is -0.142. The Balaban J connectivity index is 1.77. The molecule has 2 atom stereocenters. The summed E-state index contributed by atoms with van der Waals surface area (Å²) in [5, 5.41) is 11.8. The van der Waals surface area contributed by atoms with Gasteiger partial charge in [0.05, 0.1) is 19.3 Å². The van der Waals surface area contributed by atoms with Gasteiger partial charge in [-0.25, -0.2) is 0 Å². The smallest absolute Gasteiger partial charge is 0.311 e. The number of ether oxygens (including phenoxy) is 1. The number of rotatable bonds is 4. The van der Waals surface area contributed by atoms with Crippen molar-refractivity contribution in [1.29, 1.82) is 0 Å². The van der Waals surface area contributed by atoms with Crippen molar-refractivity contribution in [2.45, 2.75) is 25.3 Å². The summed E-state index contributed by atoms with van der Waals surface area (Å²) in [6, 6.07) is -0.368. The summed E-state index contributed by atoms with van der Waals surface area (Å²) < 4.78 is 5.12. The van der Waals surface area contributed by atoms with Gasteiger partial charge in [0, 0.05) is 6.42 Å². The van der Waals surface area contributed by atoms with Gasteiger partial charge < -0.3 is 15.2 Å². The molecule has 2 unspecified atom stereocenters. The lowest BCUT2D eigenvalue weighted by atomic mass is 9.97. The lowest BCUT2D eigenvalue weighted by Crippen LogP contribution is -2.43. The zero-order valence-corrected chi connectivity index (χ0v) is 11.1. The molecule has 0 aliphatic carbocycles. The Hall–Kier alpha value is -0.750. The van der Waals surface area contributed by atoms with Crippen molar-refractivity contribution in [3.05, 3.63) is 0 Å². The summed E-state index contributed by atoms with van der Waals surface area (Å²) in [6.45, 7) is 0.504. The number of carbonyl (C=O) groups is 2. The van der Waals surface area contributed by atoms with Gasteiger partial charge in [0.25, 0.3) is 0 Å². The van der Waals surface area contributed by atoms with Gasteiger partial charge in [-0.2, -0.15) is 11.8 Å². The summed E-state index contributed by atoms with van der Waals surface area (Å²) in [6.07, 6.45) is 2.69. The van der Waals surface area contributed by atoms with E-state index in [-0.39, 0.29) is 18.6 Å². The maximum atomic E-state index is 11.9. The third-order valence-corrected chi connectivity index (χ3v) is 4.61. The van der Waals surface area contributed by atoms with Gasteiger partial charge in [-0.05, 0) is 30.3 Å². The zero-order valence-electron chi connectivity index (χ0n) is 10.3. The van der Waals surface area contributed by atoms with Crippen molar-refractivity contribution in [3.8, 4) is 0 Å². The number of hydrogen-bond acceptors (Lipinski definition) is 4. The zero-order chi connectivity index (χ0) is 13.0. The van der Waals surface area contributed by atoms with Crippen molar-refractivity contribution >= 4 is 23.6 Å². The Labute approximate surface area is 111 Å². The first kappa shape index (κ1) is 13.7. The first-order chi connectivity index (χ1) is 8.66. The number of carboxylic acid groups (broad SMARTS) is 1. The van der Waals surface area contributed by atoms with Crippen LogP contribution in [0.25, 0.3) is 0 Å². The Morgan fingerprint density at radius 1 is 1.28 bits per heavy atom. The average Bonchev–Trinajstić information content (AvgIpc) is 2.78. The summed E-state index contributed by atoms with van der Waals surface area (Å²) in [5.41, 5.74) is 0. The fraction of sp³-hybridized carbons (Fsp3) is 0.833. The van der Waals surface area contributed by atoms with E-state index < -0.39 is 11.9 Å². The van der Waals surface area contributed by atoms with Crippen LogP contribution in [0.15, 0.2) is 0 Å². The number of aliphatic carboxylic acids is 1.